The van der Waals surface area contributed by atoms with Crippen molar-refractivity contribution in [2.24, 2.45) is 0 Å². The van der Waals surface area contributed by atoms with Crippen LogP contribution in [0.2, 0.25) is 0 Å². The summed E-state index contributed by atoms with van der Waals surface area (Å²) in [5.74, 6) is 0.0559. The predicted octanol–water partition coefficient (Wildman–Crippen LogP) is 3.06. The van der Waals surface area contributed by atoms with Gasteiger partial charge >= 0.3 is 0 Å². The van der Waals surface area contributed by atoms with Crippen LogP contribution in [0.3, 0.4) is 0 Å². The van der Waals surface area contributed by atoms with Gasteiger partial charge in [0.1, 0.15) is 0 Å². The predicted molar refractivity (Wildman–Crippen MR) is 83.7 cm³/mol. The van der Waals surface area contributed by atoms with E-state index in [9.17, 15) is 4.79 Å². The SMILES string of the molecule is C[C@H](NC(=O)CN(C)Cc1cccs1)c1ccccc1. The highest BCUT2D eigenvalue weighted by Gasteiger charge is 2.11. The Morgan fingerprint density at radius 3 is 2.65 bits per heavy atom. The molecule has 1 amide bonds. The first kappa shape index (κ1) is 14.8. The maximum atomic E-state index is 12.0. The summed E-state index contributed by atoms with van der Waals surface area (Å²) < 4.78 is 0. The second-order valence-electron chi connectivity index (χ2n) is 4.95. The van der Waals surface area contributed by atoms with Crippen molar-refractivity contribution in [1.82, 2.24) is 10.2 Å². The van der Waals surface area contributed by atoms with Gasteiger partial charge in [-0.3, -0.25) is 9.69 Å². The highest BCUT2D eigenvalue weighted by Crippen LogP contribution is 2.12. The molecule has 0 fully saturated rings. The van der Waals surface area contributed by atoms with Crippen LogP contribution in [0.1, 0.15) is 23.4 Å². The Morgan fingerprint density at radius 2 is 2.00 bits per heavy atom. The molecule has 1 atom stereocenters. The van der Waals surface area contributed by atoms with E-state index in [4.69, 9.17) is 0 Å². The van der Waals surface area contributed by atoms with Gasteiger partial charge in [0, 0.05) is 11.4 Å². The molecule has 0 aliphatic carbocycles. The van der Waals surface area contributed by atoms with Gasteiger partial charge in [-0.1, -0.05) is 36.4 Å². The molecule has 0 radical (unpaired) electrons. The van der Waals surface area contributed by atoms with Crippen molar-refractivity contribution >= 4 is 17.2 Å². The zero-order valence-electron chi connectivity index (χ0n) is 11.9. The lowest BCUT2D eigenvalue weighted by Gasteiger charge is -2.18. The summed E-state index contributed by atoms with van der Waals surface area (Å²) in [6.07, 6.45) is 0. The number of rotatable bonds is 6. The number of nitrogens with zero attached hydrogens (tertiary/aromatic N) is 1. The van der Waals surface area contributed by atoms with E-state index in [1.165, 1.54) is 4.88 Å². The van der Waals surface area contributed by atoms with E-state index in [2.05, 4.69) is 16.8 Å². The normalized spacial score (nSPS) is 12.3. The number of benzene rings is 1. The Morgan fingerprint density at radius 1 is 1.25 bits per heavy atom. The summed E-state index contributed by atoms with van der Waals surface area (Å²) in [7, 11) is 1.96. The van der Waals surface area contributed by atoms with Crippen molar-refractivity contribution in [3.63, 3.8) is 0 Å². The first-order valence-electron chi connectivity index (χ1n) is 6.70. The number of thiophene rings is 1. The molecule has 3 nitrogen and oxygen atoms in total. The molecule has 1 aromatic heterocycles. The fourth-order valence-corrected chi connectivity index (χ4v) is 2.87. The summed E-state index contributed by atoms with van der Waals surface area (Å²) in [4.78, 5) is 15.3. The molecule has 0 saturated heterocycles. The molecule has 106 valence electrons. The molecule has 1 aromatic carbocycles. The van der Waals surface area contributed by atoms with Crippen LogP contribution in [0.25, 0.3) is 0 Å². The van der Waals surface area contributed by atoms with E-state index in [0.29, 0.717) is 6.54 Å². The molecule has 0 unspecified atom stereocenters. The largest absolute Gasteiger partial charge is 0.348 e. The molecule has 4 heteroatoms. The molecule has 1 N–H and O–H groups in total. The minimum absolute atomic E-state index is 0.0406. The Balaban J connectivity index is 1.80. The van der Waals surface area contributed by atoms with Crippen molar-refractivity contribution in [1.29, 1.82) is 0 Å². The van der Waals surface area contributed by atoms with Crippen LogP contribution in [-0.4, -0.2) is 24.4 Å². The monoisotopic (exact) mass is 288 g/mol. The van der Waals surface area contributed by atoms with E-state index in [0.717, 1.165) is 12.1 Å². The van der Waals surface area contributed by atoms with Crippen LogP contribution >= 0.6 is 11.3 Å². The highest BCUT2D eigenvalue weighted by atomic mass is 32.1. The van der Waals surface area contributed by atoms with Crippen LogP contribution in [0.15, 0.2) is 47.8 Å². The lowest BCUT2D eigenvalue weighted by Crippen LogP contribution is -2.36. The molecule has 1 heterocycles. The Hall–Kier alpha value is -1.65. The van der Waals surface area contributed by atoms with Crippen LogP contribution in [-0.2, 0) is 11.3 Å². The van der Waals surface area contributed by atoms with Gasteiger partial charge in [-0.25, -0.2) is 0 Å². The number of amides is 1. The number of carbonyl (C=O) groups is 1. The zero-order chi connectivity index (χ0) is 14.4. The average Bonchev–Trinajstić information content (AvgIpc) is 2.92. The molecule has 0 spiro atoms. The molecule has 2 aromatic rings. The molecular formula is C16H20N2OS. The smallest absolute Gasteiger partial charge is 0.234 e. The molecule has 0 saturated carbocycles. The van der Waals surface area contributed by atoms with Gasteiger partial charge in [0.05, 0.1) is 12.6 Å². The standard InChI is InChI=1S/C16H20N2OS/c1-13(14-7-4-3-5-8-14)17-16(19)12-18(2)11-15-9-6-10-20-15/h3-10,13H,11-12H2,1-2H3,(H,17,19)/t13-/m0/s1. The molecular weight excluding hydrogens is 268 g/mol. The van der Waals surface area contributed by atoms with E-state index < -0.39 is 0 Å². The van der Waals surface area contributed by atoms with Gasteiger partial charge < -0.3 is 5.32 Å². The van der Waals surface area contributed by atoms with Crippen molar-refractivity contribution < 1.29 is 4.79 Å². The fraction of sp³-hybridized carbons (Fsp3) is 0.312. The molecule has 0 aliphatic heterocycles. The Kier molecular flexibility index (Phi) is 5.32. The second-order valence-corrected chi connectivity index (χ2v) is 5.98. The molecule has 20 heavy (non-hydrogen) atoms. The third-order valence-electron chi connectivity index (χ3n) is 3.10. The van der Waals surface area contributed by atoms with Gasteiger partial charge in [-0.2, -0.15) is 0 Å². The third-order valence-corrected chi connectivity index (χ3v) is 3.96. The lowest BCUT2D eigenvalue weighted by atomic mass is 10.1. The number of likely N-dealkylation sites (N-methyl/N-ethyl adjacent to an activating group) is 1. The fourth-order valence-electron chi connectivity index (χ4n) is 2.08. The van der Waals surface area contributed by atoms with Crippen molar-refractivity contribution in [2.45, 2.75) is 19.5 Å². The van der Waals surface area contributed by atoms with Crippen molar-refractivity contribution in [2.75, 3.05) is 13.6 Å². The zero-order valence-corrected chi connectivity index (χ0v) is 12.7. The maximum absolute atomic E-state index is 12.0. The van der Waals surface area contributed by atoms with Crippen LogP contribution in [0.5, 0.6) is 0 Å². The number of carbonyl (C=O) groups excluding carboxylic acids is 1. The van der Waals surface area contributed by atoms with Crippen molar-refractivity contribution in [3.05, 3.63) is 58.3 Å². The maximum Gasteiger partial charge on any atom is 0.234 e. The number of hydrogen-bond acceptors (Lipinski definition) is 3. The first-order valence-corrected chi connectivity index (χ1v) is 7.58. The van der Waals surface area contributed by atoms with Gasteiger partial charge in [-0.05, 0) is 31.0 Å². The molecule has 2 rings (SSSR count). The molecule has 0 aliphatic rings. The summed E-state index contributed by atoms with van der Waals surface area (Å²) in [5.41, 5.74) is 1.13. The quantitative estimate of drug-likeness (QED) is 0.886. The van der Waals surface area contributed by atoms with Gasteiger partial charge in [0.15, 0.2) is 0 Å². The van der Waals surface area contributed by atoms with E-state index in [1.807, 2.05) is 55.3 Å². The van der Waals surface area contributed by atoms with E-state index in [-0.39, 0.29) is 11.9 Å². The van der Waals surface area contributed by atoms with Crippen LogP contribution < -0.4 is 5.32 Å². The minimum Gasteiger partial charge on any atom is -0.348 e. The average molecular weight is 288 g/mol. The summed E-state index contributed by atoms with van der Waals surface area (Å²) in [6, 6.07) is 14.2. The van der Waals surface area contributed by atoms with Crippen LogP contribution in [0, 0.1) is 0 Å². The topological polar surface area (TPSA) is 32.3 Å². The van der Waals surface area contributed by atoms with Crippen molar-refractivity contribution in [3.8, 4) is 0 Å². The minimum atomic E-state index is 0.0406. The Labute approximate surface area is 124 Å². The number of nitrogens with one attached hydrogen (secondary N) is 1. The van der Waals surface area contributed by atoms with E-state index in [1.54, 1.807) is 11.3 Å². The Bertz CT molecular complexity index is 525. The molecule has 0 bridgehead atoms. The van der Waals surface area contributed by atoms with Gasteiger partial charge in [0.2, 0.25) is 5.91 Å². The van der Waals surface area contributed by atoms with Gasteiger partial charge in [0.25, 0.3) is 0 Å². The second kappa shape index (κ2) is 7.22. The van der Waals surface area contributed by atoms with Gasteiger partial charge in [-0.15, -0.1) is 11.3 Å². The first-order chi connectivity index (χ1) is 9.65. The lowest BCUT2D eigenvalue weighted by molar-refractivity contribution is -0.122. The highest BCUT2D eigenvalue weighted by molar-refractivity contribution is 7.09. The summed E-state index contributed by atoms with van der Waals surface area (Å²) in [5, 5.41) is 5.09. The van der Waals surface area contributed by atoms with E-state index >= 15 is 0 Å². The summed E-state index contributed by atoms with van der Waals surface area (Å²) >= 11 is 1.72. The summed E-state index contributed by atoms with van der Waals surface area (Å²) in [6.45, 7) is 3.23. The van der Waals surface area contributed by atoms with Crippen LogP contribution in [0.4, 0.5) is 0 Å². The third kappa shape index (κ3) is 4.47. The number of hydrogen-bond donors (Lipinski definition) is 1.